The normalized spacial score (nSPS) is 16.1. The molecular formula is C33H29BrClN5O4. The summed E-state index contributed by atoms with van der Waals surface area (Å²) >= 11 is 10.1. The molecule has 0 bridgehead atoms. The van der Waals surface area contributed by atoms with Crippen molar-refractivity contribution in [3.8, 4) is 11.8 Å². The maximum atomic E-state index is 14.7. The highest BCUT2D eigenvalue weighted by molar-refractivity contribution is 9.10. The Bertz CT molecular complexity index is 1840. The number of rotatable bonds is 7. The van der Waals surface area contributed by atoms with Crippen molar-refractivity contribution in [1.29, 1.82) is 5.26 Å². The molecule has 0 saturated carbocycles. The zero-order valence-electron chi connectivity index (χ0n) is 24.2. The van der Waals surface area contributed by atoms with Gasteiger partial charge in [0.15, 0.2) is 0 Å². The smallest absolute Gasteiger partial charge is 0.258 e. The molecule has 44 heavy (non-hydrogen) atoms. The minimum atomic E-state index is -1.53. The van der Waals surface area contributed by atoms with Crippen molar-refractivity contribution in [2.75, 3.05) is 30.5 Å². The lowest BCUT2D eigenvalue weighted by Gasteiger charge is -2.36. The van der Waals surface area contributed by atoms with Crippen molar-refractivity contribution >= 4 is 67.4 Å². The van der Waals surface area contributed by atoms with E-state index in [0.717, 1.165) is 20.8 Å². The third-order valence-electron chi connectivity index (χ3n) is 8.30. The van der Waals surface area contributed by atoms with E-state index in [1.807, 2.05) is 36.4 Å². The van der Waals surface area contributed by atoms with Crippen LogP contribution in [-0.2, 0) is 16.1 Å². The number of primary amides is 1. The van der Waals surface area contributed by atoms with Crippen LogP contribution in [0.15, 0.2) is 77.3 Å². The lowest BCUT2D eigenvalue weighted by atomic mass is 9.83. The van der Waals surface area contributed by atoms with Crippen LogP contribution in [0.2, 0.25) is 5.02 Å². The Balaban J connectivity index is 1.75. The summed E-state index contributed by atoms with van der Waals surface area (Å²) < 4.78 is 6.63. The molecule has 5 rings (SSSR count). The van der Waals surface area contributed by atoms with Gasteiger partial charge in [-0.2, -0.15) is 5.26 Å². The summed E-state index contributed by atoms with van der Waals surface area (Å²) in [6.07, 6.45) is 0. The summed E-state index contributed by atoms with van der Waals surface area (Å²) in [5, 5.41) is 14.3. The van der Waals surface area contributed by atoms with E-state index >= 15 is 0 Å². The van der Waals surface area contributed by atoms with Gasteiger partial charge < -0.3 is 25.6 Å². The number of nitriles is 1. The van der Waals surface area contributed by atoms with Crippen LogP contribution in [0.4, 0.5) is 11.4 Å². The molecule has 3 N–H and O–H groups in total. The zero-order chi connectivity index (χ0) is 31.8. The molecule has 1 unspecified atom stereocenters. The van der Waals surface area contributed by atoms with Crippen LogP contribution < -0.4 is 25.6 Å². The van der Waals surface area contributed by atoms with Crippen molar-refractivity contribution in [1.82, 2.24) is 5.32 Å². The molecule has 1 aliphatic heterocycles. The number of fused-ring (bicyclic) bond motifs is 2. The molecule has 0 fully saturated rings. The van der Waals surface area contributed by atoms with Gasteiger partial charge in [-0.25, -0.2) is 0 Å². The fourth-order valence-corrected chi connectivity index (χ4v) is 6.24. The molecule has 0 aliphatic carbocycles. The third kappa shape index (κ3) is 5.39. The van der Waals surface area contributed by atoms with E-state index in [1.54, 1.807) is 68.4 Å². The van der Waals surface area contributed by atoms with E-state index in [2.05, 4.69) is 21.2 Å². The number of hydrogen-bond donors (Lipinski definition) is 2. The van der Waals surface area contributed by atoms with Gasteiger partial charge >= 0.3 is 0 Å². The van der Waals surface area contributed by atoms with Crippen molar-refractivity contribution < 1.29 is 19.1 Å². The lowest BCUT2D eigenvalue weighted by Crippen LogP contribution is -2.63. The van der Waals surface area contributed by atoms with Crippen molar-refractivity contribution in [2.45, 2.75) is 19.0 Å². The topological polar surface area (TPSA) is 129 Å². The average molecular weight is 675 g/mol. The number of anilines is 2. The highest BCUT2D eigenvalue weighted by Gasteiger charge is 2.49. The monoisotopic (exact) mass is 673 g/mol. The van der Waals surface area contributed by atoms with Gasteiger partial charge in [0.05, 0.1) is 42.6 Å². The molecule has 4 aromatic carbocycles. The second-order valence-electron chi connectivity index (χ2n) is 10.6. The Morgan fingerprint density at radius 3 is 2.48 bits per heavy atom. The predicted molar refractivity (Wildman–Crippen MR) is 174 cm³/mol. The zero-order valence-corrected chi connectivity index (χ0v) is 26.6. The number of hydrogen-bond acceptors (Lipinski definition) is 6. The second-order valence-corrected chi connectivity index (χ2v) is 11.9. The Hall–Kier alpha value is -4.43. The van der Waals surface area contributed by atoms with Crippen molar-refractivity contribution in [3.05, 3.63) is 99.0 Å². The summed E-state index contributed by atoms with van der Waals surface area (Å²) in [5.74, 6) is -2.15. The van der Waals surface area contributed by atoms with Crippen LogP contribution >= 0.6 is 27.5 Å². The van der Waals surface area contributed by atoms with Crippen LogP contribution in [0, 0.1) is 17.2 Å². The first-order chi connectivity index (χ1) is 21.0. The molecule has 4 aromatic rings. The summed E-state index contributed by atoms with van der Waals surface area (Å²) in [4.78, 5) is 44.8. The number of nitrogens with one attached hydrogen (secondary N) is 1. The largest absolute Gasteiger partial charge is 0.496 e. The summed E-state index contributed by atoms with van der Waals surface area (Å²) in [6, 6.07) is 22.8. The van der Waals surface area contributed by atoms with Gasteiger partial charge in [-0.15, -0.1) is 0 Å². The van der Waals surface area contributed by atoms with Crippen LogP contribution in [-0.4, -0.2) is 44.0 Å². The van der Waals surface area contributed by atoms with Gasteiger partial charge in [-0.3, -0.25) is 14.4 Å². The number of carbonyl (C=O) groups excluding carboxylic acids is 3. The van der Waals surface area contributed by atoms with E-state index in [9.17, 15) is 19.6 Å². The molecule has 0 aromatic heterocycles. The number of methoxy groups -OCH3 is 1. The first-order valence-corrected chi connectivity index (χ1v) is 14.9. The second kappa shape index (κ2) is 12.3. The maximum Gasteiger partial charge on any atom is 0.258 e. The van der Waals surface area contributed by atoms with E-state index in [-0.39, 0.29) is 13.1 Å². The summed E-state index contributed by atoms with van der Waals surface area (Å²) in [6.45, 7) is 1.43. The molecule has 11 heteroatoms. The number of halogens is 2. The molecule has 1 aliphatic rings. The number of ether oxygens (including phenoxy) is 1. The SMILES string of the molecule is CNC(C)(C(N)=O)[C@@H]1CN(C(=O)c2ccc(C#N)cc2)c2cc(Cl)ccc2N(Cc2c(OC)ccc3c(Br)cccc23)C1=O. The average Bonchev–Trinajstić information content (AvgIpc) is 3.14. The minimum Gasteiger partial charge on any atom is -0.496 e. The van der Waals surface area contributed by atoms with Gasteiger partial charge in [0, 0.05) is 27.2 Å². The number of nitrogens with zero attached hydrogens (tertiary/aromatic N) is 3. The molecular weight excluding hydrogens is 646 g/mol. The fraction of sp³-hybridized carbons (Fsp3) is 0.212. The van der Waals surface area contributed by atoms with E-state index in [4.69, 9.17) is 22.1 Å². The van der Waals surface area contributed by atoms with Crippen LogP contribution in [0.1, 0.15) is 28.4 Å². The Morgan fingerprint density at radius 2 is 1.84 bits per heavy atom. The molecule has 9 nitrogen and oxygen atoms in total. The predicted octanol–water partition coefficient (Wildman–Crippen LogP) is 5.41. The fourth-order valence-electron chi connectivity index (χ4n) is 5.58. The lowest BCUT2D eigenvalue weighted by molar-refractivity contribution is -0.133. The maximum absolute atomic E-state index is 14.7. The van der Waals surface area contributed by atoms with Crippen molar-refractivity contribution in [3.63, 3.8) is 0 Å². The number of benzene rings is 4. The first-order valence-electron chi connectivity index (χ1n) is 13.7. The molecule has 2 atom stereocenters. The van der Waals surface area contributed by atoms with Gasteiger partial charge in [0.1, 0.15) is 11.3 Å². The molecule has 0 radical (unpaired) electrons. The standard InChI is InChI=1S/C33H29BrClN5O4/c1-33(38-2,32(37)43)25-18-40(30(41)20-9-7-19(16-36)8-10-20)28-15-21(35)11-13-27(28)39(31(25)42)17-24-22-5-4-6-26(34)23(22)12-14-29(24)44-3/h4-15,25,38H,17-18H2,1-3H3,(H2,37,43)/t25-,33?/m1/s1. The van der Waals surface area contributed by atoms with E-state index in [1.165, 1.54) is 4.90 Å². The number of carbonyl (C=O) groups is 3. The molecule has 3 amide bonds. The molecule has 1 heterocycles. The van der Waals surface area contributed by atoms with Gasteiger partial charge in [0.25, 0.3) is 5.91 Å². The molecule has 0 spiro atoms. The van der Waals surface area contributed by atoms with Crippen molar-refractivity contribution in [2.24, 2.45) is 11.7 Å². The minimum absolute atomic E-state index is 0.0540. The third-order valence-corrected chi connectivity index (χ3v) is 9.22. The summed E-state index contributed by atoms with van der Waals surface area (Å²) in [5.41, 5.74) is 6.59. The first kappa shape index (κ1) is 31.0. The summed E-state index contributed by atoms with van der Waals surface area (Å²) in [7, 11) is 3.11. The quantitative estimate of drug-likeness (QED) is 0.270. The van der Waals surface area contributed by atoms with Crippen LogP contribution in [0.5, 0.6) is 5.75 Å². The number of amides is 3. The Morgan fingerprint density at radius 1 is 1.11 bits per heavy atom. The molecule has 224 valence electrons. The highest BCUT2D eigenvalue weighted by atomic mass is 79.9. The van der Waals surface area contributed by atoms with Crippen LogP contribution in [0.25, 0.3) is 10.8 Å². The van der Waals surface area contributed by atoms with Gasteiger partial charge in [-0.1, -0.05) is 39.7 Å². The Kier molecular flexibility index (Phi) is 8.66. The van der Waals surface area contributed by atoms with Gasteiger partial charge in [-0.05, 0) is 85.4 Å². The number of likely N-dealkylation sites (N-methyl/N-ethyl adjacent to an activating group) is 1. The number of nitrogens with two attached hydrogens (primary N) is 1. The van der Waals surface area contributed by atoms with Crippen LogP contribution in [0.3, 0.4) is 0 Å². The van der Waals surface area contributed by atoms with E-state index < -0.39 is 29.2 Å². The molecule has 0 saturated heterocycles. The Labute approximate surface area is 268 Å². The van der Waals surface area contributed by atoms with Gasteiger partial charge in [0.2, 0.25) is 11.8 Å². The van der Waals surface area contributed by atoms with E-state index in [0.29, 0.717) is 33.3 Å². The highest BCUT2D eigenvalue weighted by Crippen LogP contribution is 2.42.